The predicted octanol–water partition coefficient (Wildman–Crippen LogP) is 3.37. The Bertz CT molecular complexity index is 892. The molecule has 0 bridgehead atoms. The van der Waals surface area contributed by atoms with Crippen LogP contribution in [0.15, 0.2) is 30.3 Å². The fraction of sp³-hybridized carbons (Fsp3) is 0.235. The first-order valence-electron chi connectivity index (χ1n) is 7.51. The van der Waals surface area contributed by atoms with Crippen LogP contribution >= 0.6 is 11.3 Å². The number of aryl methyl sites for hydroxylation is 2. The molecule has 0 saturated heterocycles. The van der Waals surface area contributed by atoms with E-state index in [1.54, 1.807) is 35.9 Å². The zero-order valence-corrected chi connectivity index (χ0v) is 14.4. The van der Waals surface area contributed by atoms with Crippen molar-refractivity contribution in [1.82, 2.24) is 9.78 Å². The molecule has 2 aromatic heterocycles. The molecule has 0 atom stereocenters. The van der Waals surface area contributed by atoms with E-state index < -0.39 is 5.97 Å². The summed E-state index contributed by atoms with van der Waals surface area (Å²) >= 11 is 1.39. The molecule has 0 aliphatic carbocycles. The third-order valence-electron chi connectivity index (χ3n) is 3.55. The van der Waals surface area contributed by atoms with Crippen molar-refractivity contribution in [3.63, 3.8) is 0 Å². The zero-order chi connectivity index (χ0) is 17.3. The minimum absolute atomic E-state index is 0.211. The van der Waals surface area contributed by atoms with E-state index in [-0.39, 0.29) is 5.91 Å². The number of amides is 1. The SMILES string of the molecule is CCOC(=O)c1cccc(NC(=O)c2cc3c(C)nn(C)c3s2)c1. The minimum Gasteiger partial charge on any atom is -0.462 e. The van der Waals surface area contributed by atoms with Crippen LogP contribution in [0.25, 0.3) is 10.2 Å². The molecule has 3 rings (SSSR count). The topological polar surface area (TPSA) is 73.2 Å². The Morgan fingerprint density at radius 1 is 1.33 bits per heavy atom. The van der Waals surface area contributed by atoms with Gasteiger partial charge in [-0.25, -0.2) is 4.79 Å². The van der Waals surface area contributed by atoms with Gasteiger partial charge in [-0.15, -0.1) is 11.3 Å². The molecule has 1 aromatic carbocycles. The fourth-order valence-corrected chi connectivity index (χ4v) is 3.47. The third kappa shape index (κ3) is 3.03. The van der Waals surface area contributed by atoms with Gasteiger partial charge < -0.3 is 10.1 Å². The zero-order valence-electron chi connectivity index (χ0n) is 13.6. The van der Waals surface area contributed by atoms with Crippen LogP contribution in [0.5, 0.6) is 0 Å². The number of hydrogen-bond acceptors (Lipinski definition) is 5. The number of nitrogens with one attached hydrogen (secondary N) is 1. The predicted molar refractivity (Wildman–Crippen MR) is 93.7 cm³/mol. The molecule has 0 aliphatic rings. The number of carbonyl (C=O) groups excluding carboxylic acids is 2. The molecule has 24 heavy (non-hydrogen) atoms. The van der Waals surface area contributed by atoms with Gasteiger partial charge in [0.2, 0.25) is 0 Å². The molecule has 0 spiro atoms. The highest BCUT2D eigenvalue weighted by molar-refractivity contribution is 7.20. The number of ether oxygens (including phenoxy) is 1. The van der Waals surface area contributed by atoms with E-state index in [9.17, 15) is 9.59 Å². The monoisotopic (exact) mass is 343 g/mol. The van der Waals surface area contributed by atoms with Crippen molar-refractivity contribution >= 4 is 39.1 Å². The maximum absolute atomic E-state index is 12.5. The largest absolute Gasteiger partial charge is 0.462 e. The normalized spacial score (nSPS) is 10.8. The van der Waals surface area contributed by atoms with Crippen molar-refractivity contribution in [2.24, 2.45) is 7.05 Å². The summed E-state index contributed by atoms with van der Waals surface area (Å²) in [5, 5.41) is 8.13. The molecule has 124 valence electrons. The summed E-state index contributed by atoms with van der Waals surface area (Å²) in [6, 6.07) is 8.55. The molecular formula is C17H17N3O3S. The van der Waals surface area contributed by atoms with E-state index >= 15 is 0 Å². The molecule has 0 aliphatic heterocycles. The quantitative estimate of drug-likeness (QED) is 0.737. The summed E-state index contributed by atoms with van der Waals surface area (Å²) in [4.78, 5) is 25.8. The molecule has 1 amide bonds. The number of fused-ring (bicyclic) bond motifs is 1. The average molecular weight is 343 g/mol. The Morgan fingerprint density at radius 3 is 2.83 bits per heavy atom. The molecule has 2 heterocycles. The van der Waals surface area contributed by atoms with Crippen LogP contribution in [0.4, 0.5) is 5.69 Å². The van der Waals surface area contributed by atoms with Crippen molar-refractivity contribution in [1.29, 1.82) is 0 Å². The van der Waals surface area contributed by atoms with Crippen molar-refractivity contribution in [2.45, 2.75) is 13.8 Å². The lowest BCUT2D eigenvalue weighted by Gasteiger charge is -2.06. The molecule has 0 fully saturated rings. The van der Waals surface area contributed by atoms with Crippen molar-refractivity contribution in [3.05, 3.63) is 46.5 Å². The van der Waals surface area contributed by atoms with Gasteiger partial charge >= 0.3 is 5.97 Å². The van der Waals surface area contributed by atoms with E-state index in [4.69, 9.17) is 4.74 Å². The first kappa shape index (κ1) is 16.2. The van der Waals surface area contributed by atoms with E-state index in [2.05, 4.69) is 10.4 Å². The van der Waals surface area contributed by atoms with Gasteiger partial charge in [0, 0.05) is 18.1 Å². The summed E-state index contributed by atoms with van der Waals surface area (Å²) in [5.74, 6) is -0.617. The molecule has 7 heteroatoms. The Kier molecular flexibility index (Phi) is 4.35. The number of anilines is 1. The average Bonchev–Trinajstić information content (AvgIpc) is 3.10. The molecule has 3 aromatic rings. The van der Waals surface area contributed by atoms with Crippen LogP contribution in [-0.2, 0) is 11.8 Å². The number of carbonyl (C=O) groups is 2. The molecule has 0 radical (unpaired) electrons. The highest BCUT2D eigenvalue weighted by Crippen LogP contribution is 2.28. The summed E-state index contributed by atoms with van der Waals surface area (Å²) in [5.41, 5.74) is 1.86. The number of thiophene rings is 1. The Balaban J connectivity index is 1.82. The Labute approximate surface area is 143 Å². The van der Waals surface area contributed by atoms with E-state index in [0.29, 0.717) is 22.7 Å². The Morgan fingerprint density at radius 2 is 2.12 bits per heavy atom. The van der Waals surface area contributed by atoms with Gasteiger partial charge in [-0.3, -0.25) is 9.48 Å². The highest BCUT2D eigenvalue weighted by atomic mass is 32.1. The van der Waals surface area contributed by atoms with Gasteiger partial charge in [0.15, 0.2) is 0 Å². The lowest BCUT2D eigenvalue weighted by molar-refractivity contribution is 0.0526. The van der Waals surface area contributed by atoms with Crippen LogP contribution in [-0.4, -0.2) is 28.3 Å². The lowest BCUT2D eigenvalue weighted by Crippen LogP contribution is -2.11. The standard InChI is InChI=1S/C17H17N3O3S/c1-4-23-17(22)11-6-5-7-12(8-11)18-15(21)14-9-13-10(2)19-20(3)16(13)24-14/h5-9H,4H2,1-3H3,(H,18,21). The molecule has 1 N–H and O–H groups in total. The van der Waals surface area contributed by atoms with Gasteiger partial charge in [-0.2, -0.15) is 5.10 Å². The van der Waals surface area contributed by atoms with E-state index in [1.165, 1.54) is 11.3 Å². The smallest absolute Gasteiger partial charge is 0.338 e. The highest BCUT2D eigenvalue weighted by Gasteiger charge is 2.16. The number of aromatic nitrogens is 2. The van der Waals surface area contributed by atoms with Gasteiger partial charge in [-0.05, 0) is 38.1 Å². The number of nitrogens with zero attached hydrogens (tertiary/aromatic N) is 2. The first-order chi connectivity index (χ1) is 11.5. The van der Waals surface area contributed by atoms with Gasteiger partial charge in [0.1, 0.15) is 4.83 Å². The molecular weight excluding hydrogens is 326 g/mol. The maximum Gasteiger partial charge on any atom is 0.338 e. The third-order valence-corrected chi connectivity index (χ3v) is 4.75. The molecule has 0 unspecified atom stereocenters. The number of benzene rings is 1. The summed E-state index contributed by atoms with van der Waals surface area (Å²) in [6.07, 6.45) is 0. The number of rotatable bonds is 4. The van der Waals surface area contributed by atoms with Crippen LogP contribution in [0.3, 0.4) is 0 Å². The van der Waals surface area contributed by atoms with Crippen LogP contribution in [0, 0.1) is 6.92 Å². The van der Waals surface area contributed by atoms with Gasteiger partial charge in [-0.1, -0.05) is 6.07 Å². The first-order valence-corrected chi connectivity index (χ1v) is 8.33. The number of esters is 1. The lowest BCUT2D eigenvalue weighted by atomic mass is 10.2. The van der Waals surface area contributed by atoms with Gasteiger partial charge in [0.05, 0.1) is 22.7 Å². The summed E-state index contributed by atoms with van der Waals surface area (Å²) in [6.45, 7) is 3.98. The summed E-state index contributed by atoms with van der Waals surface area (Å²) < 4.78 is 6.74. The second kappa shape index (κ2) is 6.45. The van der Waals surface area contributed by atoms with E-state index in [1.807, 2.05) is 20.0 Å². The fourth-order valence-electron chi connectivity index (χ4n) is 2.45. The summed E-state index contributed by atoms with van der Waals surface area (Å²) in [7, 11) is 1.86. The van der Waals surface area contributed by atoms with Crippen molar-refractivity contribution in [3.8, 4) is 0 Å². The maximum atomic E-state index is 12.5. The van der Waals surface area contributed by atoms with Crippen LogP contribution in [0.1, 0.15) is 32.6 Å². The number of hydrogen-bond donors (Lipinski definition) is 1. The van der Waals surface area contributed by atoms with Crippen LogP contribution in [0.2, 0.25) is 0 Å². The van der Waals surface area contributed by atoms with Crippen molar-refractivity contribution < 1.29 is 14.3 Å². The van der Waals surface area contributed by atoms with Crippen LogP contribution < -0.4 is 5.32 Å². The Hall–Kier alpha value is -2.67. The molecule has 6 nitrogen and oxygen atoms in total. The molecule has 0 saturated carbocycles. The van der Waals surface area contributed by atoms with E-state index in [0.717, 1.165) is 15.9 Å². The second-order valence-corrected chi connectivity index (χ2v) is 6.32. The van der Waals surface area contributed by atoms with Crippen molar-refractivity contribution in [2.75, 3.05) is 11.9 Å². The second-order valence-electron chi connectivity index (χ2n) is 5.29. The van der Waals surface area contributed by atoms with Gasteiger partial charge in [0.25, 0.3) is 5.91 Å². The minimum atomic E-state index is -0.405.